The summed E-state index contributed by atoms with van der Waals surface area (Å²) < 4.78 is 16.2. The first kappa shape index (κ1) is 17.8. The highest BCUT2D eigenvalue weighted by Gasteiger charge is 1.95. The van der Waals surface area contributed by atoms with E-state index in [9.17, 15) is 0 Å². The molecular weight excluding hydrogens is 230 g/mol. The van der Waals surface area contributed by atoms with Gasteiger partial charge in [0.05, 0.1) is 39.1 Å². The molecule has 0 amide bonds. The van der Waals surface area contributed by atoms with Crippen molar-refractivity contribution < 1.29 is 14.2 Å². The van der Waals surface area contributed by atoms with Crippen LogP contribution in [0.1, 0.15) is 34.1 Å². The molecule has 4 nitrogen and oxygen atoms in total. The summed E-state index contributed by atoms with van der Waals surface area (Å²) in [6, 6.07) is 0. The van der Waals surface area contributed by atoms with Crippen LogP contribution in [0.2, 0.25) is 0 Å². The lowest BCUT2D eigenvalue weighted by atomic mass is 10.1. The summed E-state index contributed by atoms with van der Waals surface area (Å²) in [5.41, 5.74) is 0. The molecule has 0 atom stereocenters. The van der Waals surface area contributed by atoms with Crippen LogP contribution in [0.3, 0.4) is 0 Å². The van der Waals surface area contributed by atoms with Crippen LogP contribution in [-0.2, 0) is 14.2 Å². The topological polar surface area (TPSA) is 39.7 Å². The highest BCUT2D eigenvalue weighted by atomic mass is 16.5. The minimum absolute atomic E-state index is 0.279. The predicted molar refractivity (Wildman–Crippen MR) is 75.1 cm³/mol. The van der Waals surface area contributed by atoms with E-state index in [0.29, 0.717) is 26.4 Å². The predicted octanol–water partition coefficient (Wildman–Crippen LogP) is 2.08. The van der Waals surface area contributed by atoms with Crippen LogP contribution in [0, 0.1) is 5.92 Å². The molecule has 0 aliphatic carbocycles. The third kappa shape index (κ3) is 15.8. The molecule has 18 heavy (non-hydrogen) atoms. The molecule has 0 unspecified atom stereocenters. The van der Waals surface area contributed by atoms with E-state index in [1.807, 2.05) is 13.8 Å². The van der Waals surface area contributed by atoms with E-state index in [4.69, 9.17) is 14.2 Å². The van der Waals surface area contributed by atoms with Gasteiger partial charge in [-0.1, -0.05) is 13.8 Å². The molecule has 0 aliphatic rings. The molecule has 110 valence electrons. The summed E-state index contributed by atoms with van der Waals surface area (Å²) >= 11 is 0. The minimum Gasteiger partial charge on any atom is -0.378 e. The molecule has 0 aliphatic heterocycles. The van der Waals surface area contributed by atoms with Crippen LogP contribution in [-0.4, -0.2) is 52.2 Å². The number of rotatable bonds is 13. The van der Waals surface area contributed by atoms with E-state index < -0.39 is 0 Å². The van der Waals surface area contributed by atoms with E-state index in [1.165, 1.54) is 6.42 Å². The molecule has 0 saturated heterocycles. The van der Waals surface area contributed by atoms with Crippen LogP contribution in [0.15, 0.2) is 0 Å². The highest BCUT2D eigenvalue weighted by Crippen LogP contribution is 1.95. The van der Waals surface area contributed by atoms with Crippen molar-refractivity contribution >= 4 is 0 Å². The van der Waals surface area contributed by atoms with E-state index in [2.05, 4.69) is 19.2 Å². The fourth-order valence-corrected chi connectivity index (χ4v) is 1.32. The Morgan fingerprint density at radius 1 is 0.778 bits per heavy atom. The Labute approximate surface area is 112 Å². The number of nitrogens with one attached hydrogen (secondary N) is 1. The largest absolute Gasteiger partial charge is 0.378 e. The van der Waals surface area contributed by atoms with E-state index in [0.717, 1.165) is 25.6 Å². The SMILES string of the molecule is CC(C)CCNCCOCCOCCOC(C)C. The average molecular weight is 261 g/mol. The molecule has 0 spiro atoms. The second-order valence-corrected chi connectivity index (χ2v) is 5.08. The van der Waals surface area contributed by atoms with Crippen molar-refractivity contribution in [1.82, 2.24) is 5.32 Å². The summed E-state index contributed by atoms with van der Waals surface area (Å²) in [6.45, 7) is 13.9. The van der Waals surface area contributed by atoms with Crippen molar-refractivity contribution in [2.24, 2.45) is 5.92 Å². The Kier molecular flexibility index (Phi) is 13.2. The zero-order chi connectivity index (χ0) is 13.6. The lowest BCUT2D eigenvalue weighted by molar-refractivity contribution is -0.00104. The molecule has 0 aromatic carbocycles. The molecule has 0 aromatic rings. The number of hydrogen-bond donors (Lipinski definition) is 1. The molecule has 4 heteroatoms. The first-order valence-electron chi connectivity index (χ1n) is 7.10. The fraction of sp³-hybridized carbons (Fsp3) is 1.00. The highest BCUT2D eigenvalue weighted by molar-refractivity contribution is 4.50. The van der Waals surface area contributed by atoms with Crippen molar-refractivity contribution in [3.05, 3.63) is 0 Å². The van der Waals surface area contributed by atoms with Crippen molar-refractivity contribution in [3.63, 3.8) is 0 Å². The number of hydrogen-bond acceptors (Lipinski definition) is 4. The Balaban J connectivity index is 2.95. The second-order valence-electron chi connectivity index (χ2n) is 5.08. The van der Waals surface area contributed by atoms with Gasteiger partial charge in [-0.05, 0) is 32.7 Å². The third-order valence-corrected chi connectivity index (χ3v) is 2.37. The van der Waals surface area contributed by atoms with Gasteiger partial charge in [0.25, 0.3) is 0 Å². The normalized spacial score (nSPS) is 11.7. The van der Waals surface area contributed by atoms with Crippen molar-refractivity contribution in [3.8, 4) is 0 Å². The summed E-state index contributed by atoms with van der Waals surface area (Å²) in [5.74, 6) is 0.764. The summed E-state index contributed by atoms with van der Waals surface area (Å²) in [5, 5.41) is 3.35. The minimum atomic E-state index is 0.279. The van der Waals surface area contributed by atoms with E-state index >= 15 is 0 Å². The van der Waals surface area contributed by atoms with Crippen molar-refractivity contribution in [2.45, 2.75) is 40.2 Å². The third-order valence-electron chi connectivity index (χ3n) is 2.37. The van der Waals surface area contributed by atoms with Gasteiger partial charge < -0.3 is 19.5 Å². The van der Waals surface area contributed by atoms with Crippen LogP contribution in [0.4, 0.5) is 0 Å². The van der Waals surface area contributed by atoms with Gasteiger partial charge in [0.1, 0.15) is 0 Å². The summed E-state index contributed by atoms with van der Waals surface area (Å²) in [4.78, 5) is 0. The monoisotopic (exact) mass is 261 g/mol. The molecule has 1 N–H and O–H groups in total. The van der Waals surface area contributed by atoms with Crippen LogP contribution in [0.25, 0.3) is 0 Å². The maximum absolute atomic E-state index is 5.44. The second kappa shape index (κ2) is 13.3. The van der Waals surface area contributed by atoms with Gasteiger partial charge in [0.2, 0.25) is 0 Å². The van der Waals surface area contributed by atoms with Gasteiger partial charge in [-0.25, -0.2) is 0 Å². The molecule has 0 aromatic heterocycles. The van der Waals surface area contributed by atoms with Crippen molar-refractivity contribution in [2.75, 3.05) is 46.1 Å². The maximum Gasteiger partial charge on any atom is 0.0703 e. The summed E-state index contributed by atoms with van der Waals surface area (Å²) in [6.07, 6.45) is 1.50. The van der Waals surface area contributed by atoms with Crippen LogP contribution < -0.4 is 5.32 Å². The van der Waals surface area contributed by atoms with E-state index in [-0.39, 0.29) is 6.10 Å². The van der Waals surface area contributed by atoms with Gasteiger partial charge in [0.15, 0.2) is 0 Å². The van der Waals surface area contributed by atoms with Gasteiger partial charge in [0, 0.05) is 6.54 Å². The van der Waals surface area contributed by atoms with Gasteiger partial charge in [-0.15, -0.1) is 0 Å². The fourth-order valence-electron chi connectivity index (χ4n) is 1.32. The molecule has 0 fully saturated rings. The van der Waals surface area contributed by atoms with Gasteiger partial charge in [-0.2, -0.15) is 0 Å². The molecule has 0 radical (unpaired) electrons. The smallest absolute Gasteiger partial charge is 0.0703 e. The molecule has 0 rings (SSSR count). The first-order valence-corrected chi connectivity index (χ1v) is 7.10. The standard InChI is InChI=1S/C14H31NO3/c1-13(2)5-6-15-7-8-16-9-10-17-11-12-18-14(3)4/h13-15H,5-12H2,1-4H3. The lowest BCUT2D eigenvalue weighted by Gasteiger charge is -2.09. The summed E-state index contributed by atoms with van der Waals surface area (Å²) in [7, 11) is 0. The first-order chi connectivity index (χ1) is 8.63. The Bertz CT molecular complexity index is 145. The Hall–Kier alpha value is -0.160. The molecular formula is C14H31NO3. The van der Waals surface area contributed by atoms with Crippen LogP contribution in [0.5, 0.6) is 0 Å². The average Bonchev–Trinajstić information content (AvgIpc) is 2.29. The number of ether oxygens (including phenoxy) is 3. The van der Waals surface area contributed by atoms with Crippen LogP contribution >= 0.6 is 0 Å². The Morgan fingerprint density at radius 3 is 2.00 bits per heavy atom. The maximum atomic E-state index is 5.44. The molecule has 0 heterocycles. The van der Waals surface area contributed by atoms with Gasteiger partial charge in [-0.3, -0.25) is 0 Å². The zero-order valence-corrected chi connectivity index (χ0v) is 12.5. The quantitative estimate of drug-likeness (QED) is 0.515. The molecule has 0 bridgehead atoms. The molecule has 0 saturated carbocycles. The lowest BCUT2D eigenvalue weighted by Crippen LogP contribution is -2.22. The van der Waals surface area contributed by atoms with Gasteiger partial charge >= 0.3 is 0 Å². The van der Waals surface area contributed by atoms with E-state index in [1.54, 1.807) is 0 Å². The Morgan fingerprint density at radius 2 is 1.39 bits per heavy atom. The zero-order valence-electron chi connectivity index (χ0n) is 12.5. The van der Waals surface area contributed by atoms with Crippen molar-refractivity contribution in [1.29, 1.82) is 0 Å².